The van der Waals surface area contributed by atoms with Crippen molar-refractivity contribution in [2.24, 2.45) is 0 Å². The van der Waals surface area contributed by atoms with Crippen molar-refractivity contribution in [2.45, 2.75) is 136 Å². The molecular formula is C48H71N3O9. The molecular weight excluding hydrogens is 763 g/mol. The number of para-hydroxylation sites is 3. The Bertz CT molecular complexity index is 1750. The maximum Gasteiger partial charge on any atom is 0.257 e. The molecule has 3 aromatic rings. The van der Waals surface area contributed by atoms with Crippen molar-refractivity contribution in [1.82, 2.24) is 14.7 Å². The molecule has 0 aliphatic carbocycles. The summed E-state index contributed by atoms with van der Waals surface area (Å²) in [6.07, 6.45) is 18.8. The van der Waals surface area contributed by atoms with Crippen LogP contribution in [0.4, 0.5) is 0 Å². The Labute approximate surface area is 357 Å². The van der Waals surface area contributed by atoms with Crippen LogP contribution in [0.3, 0.4) is 0 Å². The van der Waals surface area contributed by atoms with E-state index in [1.54, 1.807) is 14.7 Å². The Morgan fingerprint density at radius 1 is 0.350 bits per heavy atom. The highest BCUT2D eigenvalue weighted by Gasteiger charge is 2.25. The van der Waals surface area contributed by atoms with Crippen molar-refractivity contribution in [2.75, 3.05) is 39.3 Å². The van der Waals surface area contributed by atoms with Gasteiger partial charge in [-0.25, -0.2) is 0 Å². The highest BCUT2D eigenvalue weighted by atomic mass is 16.3. The molecule has 0 heterocycles. The SMILES string of the molecule is CCCCCCCCCCN(CCCCN(CCCN(CCCCCCCCCC)C(=O)c1cccc(O)c1O)C(=O)c1cccc(O)c1O)C(=O)c1cccc(O)c1O. The number of hydrogen-bond acceptors (Lipinski definition) is 9. The van der Waals surface area contributed by atoms with Gasteiger partial charge in [0.2, 0.25) is 0 Å². The van der Waals surface area contributed by atoms with Gasteiger partial charge in [0.15, 0.2) is 34.5 Å². The normalized spacial score (nSPS) is 11.1. The Morgan fingerprint density at radius 2 is 0.583 bits per heavy atom. The quantitative estimate of drug-likeness (QED) is 0.0281. The summed E-state index contributed by atoms with van der Waals surface area (Å²) in [6, 6.07) is 12.9. The molecule has 0 spiro atoms. The number of phenolic OH excluding ortho intramolecular Hbond substituents is 6. The van der Waals surface area contributed by atoms with E-state index in [2.05, 4.69) is 13.8 Å². The topological polar surface area (TPSA) is 182 Å². The average Bonchev–Trinajstić information content (AvgIpc) is 3.24. The molecule has 0 radical (unpaired) electrons. The molecule has 0 bridgehead atoms. The third-order valence-electron chi connectivity index (χ3n) is 11.1. The number of carbonyl (C=O) groups excluding carboxylic acids is 3. The Kier molecular flexibility index (Phi) is 22.6. The maximum absolute atomic E-state index is 13.9. The van der Waals surface area contributed by atoms with Gasteiger partial charge in [-0.15, -0.1) is 0 Å². The minimum absolute atomic E-state index is 0.00251. The van der Waals surface area contributed by atoms with Crippen molar-refractivity contribution in [3.05, 3.63) is 71.3 Å². The summed E-state index contributed by atoms with van der Waals surface area (Å²) < 4.78 is 0. The van der Waals surface area contributed by atoms with Gasteiger partial charge < -0.3 is 45.3 Å². The molecule has 6 N–H and O–H groups in total. The fourth-order valence-electron chi connectivity index (χ4n) is 7.50. The molecule has 12 heteroatoms. The first-order valence-corrected chi connectivity index (χ1v) is 22.4. The predicted molar refractivity (Wildman–Crippen MR) is 236 cm³/mol. The lowest BCUT2D eigenvalue weighted by molar-refractivity contribution is 0.0692. The molecule has 0 aromatic heterocycles. The molecule has 332 valence electrons. The molecule has 0 unspecified atom stereocenters. The van der Waals surface area contributed by atoms with E-state index in [0.29, 0.717) is 38.9 Å². The number of rotatable bonds is 30. The summed E-state index contributed by atoms with van der Waals surface area (Å²) >= 11 is 0. The predicted octanol–water partition coefficient (Wildman–Crippen LogP) is 10.1. The fraction of sp³-hybridized carbons (Fsp3) is 0.562. The number of hydrogen-bond donors (Lipinski definition) is 6. The van der Waals surface area contributed by atoms with Crippen molar-refractivity contribution < 1.29 is 45.0 Å². The van der Waals surface area contributed by atoms with Gasteiger partial charge in [0.25, 0.3) is 17.7 Å². The van der Waals surface area contributed by atoms with E-state index in [0.717, 1.165) is 51.4 Å². The molecule has 3 rings (SSSR count). The molecule has 0 aliphatic heterocycles. The smallest absolute Gasteiger partial charge is 0.257 e. The molecule has 0 fully saturated rings. The van der Waals surface area contributed by atoms with Crippen molar-refractivity contribution >= 4 is 17.7 Å². The van der Waals surface area contributed by atoms with Gasteiger partial charge >= 0.3 is 0 Å². The highest BCUT2D eigenvalue weighted by Crippen LogP contribution is 2.32. The summed E-state index contributed by atoms with van der Waals surface area (Å²) in [5.41, 5.74) is -0.0365. The van der Waals surface area contributed by atoms with Crippen LogP contribution >= 0.6 is 0 Å². The van der Waals surface area contributed by atoms with E-state index in [9.17, 15) is 45.0 Å². The van der Waals surface area contributed by atoms with Crippen molar-refractivity contribution in [1.29, 1.82) is 0 Å². The molecule has 0 aliphatic rings. The van der Waals surface area contributed by atoms with Gasteiger partial charge in [-0.1, -0.05) is 122 Å². The van der Waals surface area contributed by atoms with E-state index < -0.39 is 34.8 Å². The largest absolute Gasteiger partial charge is 0.504 e. The monoisotopic (exact) mass is 834 g/mol. The third kappa shape index (κ3) is 16.1. The van der Waals surface area contributed by atoms with Gasteiger partial charge in [0.1, 0.15) is 0 Å². The minimum atomic E-state index is -0.522. The zero-order chi connectivity index (χ0) is 43.7. The second kappa shape index (κ2) is 27.6. The third-order valence-corrected chi connectivity index (χ3v) is 11.1. The number of nitrogens with zero attached hydrogens (tertiary/aromatic N) is 3. The molecule has 0 saturated heterocycles. The number of benzene rings is 3. The van der Waals surface area contributed by atoms with E-state index >= 15 is 0 Å². The molecule has 12 nitrogen and oxygen atoms in total. The van der Waals surface area contributed by atoms with Crippen molar-refractivity contribution in [3.8, 4) is 34.5 Å². The van der Waals surface area contributed by atoms with Crippen LogP contribution in [0.5, 0.6) is 34.5 Å². The molecule has 3 aromatic carbocycles. The highest BCUT2D eigenvalue weighted by molar-refractivity contribution is 5.99. The summed E-state index contributed by atoms with van der Waals surface area (Å²) in [5, 5.41) is 62.1. The maximum atomic E-state index is 13.9. The van der Waals surface area contributed by atoms with Gasteiger partial charge in [-0.05, 0) is 68.5 Å². The van der Waals surface area contributed by atoms with E-state index in [1.165, 1.54) is 106 Å². The van der Waals surface area contributed by atoms with E-state index in [-0.39, 0.29) is 53.7 Å². The van der Waals surface area contributed by atoms with Crippen LogP contribution < -0.4 is 0 Å². The van der Waals surface area contributed by atoms with Gasteiger partial charge in [0.05, 0.1) is 16.7 Å². The van der Waals surface area contributed by atoms with Crippen LogP contribution in [0, 0.1) is 0 Å². The van der Waals surface area contributed by atoms with Crippen LogP contribution in [0.2, 0.25) is 0 Å². The zero-order valence-corrected chi connectivity index (χ0v) is 36.1. The lowest BCUT2D eigenvalue weighted by atomic mass is 10.1. The fourth-order valence-corrected chi connectivity index (χ4v) is 7.50. The van der Waals surface area contributed by atoms with Gasteiger partial charge in [-0.3, -0.25) is 14.4 Å². The van der Waals surface area contributed by atoms with Crippen LogP contribution in [0.25, 0.3) is 0 Å². The number of unbranched alkanes of at least 4 members (excludes halogenated alkanes) is 15. The number of aromatic hydroxyl groups is 6. The van der Waals surface area contributed by atoms with Crippen LogP contribution in [0.15, 0.2) is 54.6 Å². The number of amides is 3. The summed E-state index contributed by atoms with van der Waals surface area (Å²) in [6.45, 7) is 6.35. The van der Waals surface area contributed by atoms with Crippen LogP contribution in [-0.2, 0) is 0 Å². The Morgan fingerprint density at radius 3 is 0.867 bits per heavy atom. The number of phenols is 6. The van der Waals surface area contributed by atoms with Gasteiger partial charge in [-0.2, -0.15) is 0 Å². The summed E-state index contributed by atoms with van der Waals surface area (Å²) in [4.78, 5) is 46.3. The summed E-state index contributed by atoms with van der Waals surface area (Å²) in [7, 11) is 0. The van der Waals surface area contributed by atoms with E-state index in [1.807, 2.05) is 0 Å². The second-order valence-electron chi connectivity index (χ2n) is 15.9. The lowest BCUT2D eigenvalue weighted by Gasteiger charge is -2.28. The first kappa shape index (κ1) is 49.2. The van der Waals surface area contributed by atoms with E-state index in [4.69, 9.17) is 0 Å². The molecule has 0 atom stereocenters. The standard InChI is InChI=1S/C48H71N3O9/c1-3-5-7-9-11-13-15-17-31-49(46(58)37-25-21-28-40(52)43(37)55)33-19-20-34-51(48(60)39-27-23-30-42(54)45(39)57)36-24-35-50(32-18-16-14-12-10-8-6-4-2)47(59)38-26-22-29-41(53)44(38)56/h21-23,25-30,52-57H,3-20,24,31-36H2,1-2H3. The lowest BCUT2D eigenvalue weighted by Crippen LogP contribution is -2.38. The zero-order valence-electron chi connectivity index (χ0n) is 36.1. The molecule has 3 amide bonds. The van der Waals surface area contributed by atoms with Gasteiger partial charge in [0, 0.05) is 39.3 Å². The molecule has 60 heavy (non-hydrogen) atoms. The Hall–Kier alpha value is -5.13. The second-order valence-corrected chi connectivity index (χ2v) is 15.9. The first-order valence-electron chi connectivity index (χ1n) is 22.4. The Balaban J connectivity index is 1.72. The molecule has 0 saturated carbocycles. The average molecular weight is 834 g/mol. The minimum Gasteiger partial charge on any atom is -0.504 e. The van der Waals surface area contributed by atoms with Crippen LogP contribution in [0.1, 0.15) is 167 Å². The number of carbonyl (C=O) groups is 3. The first-order chi connectivity index (χ1) is 29.0. The van der Waals surface area contributed by atoms with Crippen LogP contribution in [-0.4, -0.2) is 102 Å². The summed E-state index contributed by atoms with van der Waals surface area (Å²) in [5.74, 6) is -3.93. The van der Waals surface area contributed by atoms with Crippen molar-refractivity contribution in [3.63, 3.8) is 0 Å².